The standard InChI is InChI=1S/C18H21N5O4/c1-5-18(4)16(26)23(17(27)19-18)21-14(24)13-11-8-6-7-9-12(11)15(25)22(20-13)10(2)3/h6-10H,5H2,1-4H3,(H,19,27)(H,21,24). The first-order valence-corrected chi connectivity index (χ1v) is 8.69. The van der Waals surface area contributed by atoms with Gasteiger partial charge in [-0.15, -0.1) is 0 Å². The van der Waals surface area contributed by atoms with Crippen molar-refractivity contribution in [3.8, 4) is 0 Å². The van der Waals surface area contributed by atoms with Gasteiger partial charge in [0.15, 0.2) is 5.69 Å². The van der Waals surface area contributed by atoms with Crippen LogP contribution in [0, 0.1) is 0 Å². The lowest BCUT2D eigenvalue weighted by atomic mass is 10.00. The molecule has 2 aromatic rings. The summed E-state index contributed by atoms with van der Waals surface area (Å²) in [5.74, 6) is -1.30. The molecule has 1 aromatic carbocycles. The SMILES string of the molecule is CCC1(C)NC(=O)N(NC(=O)c2nn(C(C)C)c(=O)c3ccccc23)C1=O. The molecule has 0 spiro atoms. The number of urea groups is 1. The molecule has 27 heavy (non-hydrogen) atoms. The predicted octanol–water partition coefficient (Wildman–Crippen LogP) is 1.34. The summed E-state index contributed by atoms with van der Waals surface area (Å²) in [6.07, 6.45) is 0.378. The molecule has 1 fully saturated rings. The molecule has 0 radical (unpaired) electrons. The Morgan fingerprint density at radius 3 is 2.41 bits per heavy atom. The second kappa shape index (κ2) is 6.49. The first-order valence-electron chi connectivity index (χ1n) is 8.69. The predicted molar refractivity (Wildman–Crippen MR) is 97.9 cm³/mol. The van der Waals surface area contributed by atoms with E-state index in [2.05, 4.69) is 15.8 Å². The van der Waals surface area contributed by atoms with Crippen LogP contribution in [0.4, 0.5) is 4.79 Å². The molecular weight excluding hydrogens is 350 g/mol. The molecule has 1 aromatic heterocycles. The Morgan fingerprint density at radius 2 is 1.85 bits per heavy atom. The van der Waals surface area contributed by atoms with Gasteiger partial charge in [-0.1, -0.05) is 25.1 Å². The number of rotatable bonds is 4. The van der Waals surface area contributed by atoms with Crippen molar-refractivity contribution in [2.24, 2.45) is 0 Å². The van der Waals surface area contributed by atoms with Crippen LogP contribution >= 0.6 is 0 Å². The largest absolute Gasteiger partial charge is 0.344 e. The van der Waals surface area contributed by atoms with Gasteiger partial charge in [0.1, 0.15) is 5.54 Å². The molecule has 3 rings (SSSR count). The van der Waals surface area contributed by atoms with Crippen molar-refractivity contribution in [3.05, 3.63) is 40.3 Å². The van der Waals surface area contributed by atoms with Crippen LogP contribution in [0.2, 0.25) is 0 Å². The van der Waals surface area contributed by atoms with Crippen LogP contribution in [0.5, 0.6) is 0 Å². The van der Waals surface area contributed by atoms with E-state index in [-0.39, 0.29) is 17.3 Å². The highest BCUT2D eigenvalue weighted by Gasteiger charge is 2.47. The topological polar surface area (TPSA) is 113 Å². The lowest BCUT2D eigenvalue weighted by Gasteiger charge is -2.19. The molecule has 2 heterocycles. The fraction of sp³-hybridized carbons (Fsp3) is 0.389. The van der Waals surface area contributed by atoms with Gasteiger partial charge in [-0.3, -0.25) is 19.8 Å². The second-order valence-electron chi connectivity index (χ2n) is 6.93. The number of aromatic nitrogens is 2. The number of carbonyl (C=O) groups is 3. The number of amides is 4. The number of imide groups is 1. The summed E-state index contributed by atoms with van der Waals surface area (Å²) in [6, 6.07) is 5.61. The van der Waals surface area contributed by atoms with E-state index in [0.717, 1.165) is 0 Å². The summed E-state index contributed by atoms with van der Waals surface area (Å²) in [5, 5.41) is 8.07. The van der Waals surface area contributed by atoms with Crippen molar-refractivity contribution in [2.75, 3.05) is 0 Å². The van der Waals surface area contributed by atoms with Gasteiger partial charge in [0, 0.05) is 5.39 Å². The van der Waals surface area contributed by atoms with Gasteiger partial charge in [-0.2, -0.15) is 10.1 Å². The Bertz CT molecular complexity index is 1010. The van der Waals surface area contributed by atoms with Crippen LogP contribution in [0.1, 0.15) is 50.6 Å². The van der Waals surface area contributed by atoms with Gasteiger partial charge in [0.2, 0.25) is 0 Å². The third kappa shape index (κ3) is 2.94. The van der Waals surface area contributed by atoms with Gasteiger partial charge < -0.3 is 5.32 Å². The maximum absolute atomic E-state index is 12.8. The van der Waals surface area contributed by atoms with Gasteiger partial charge in [-0.05, 0) is 33.3 Å². The van der Waals surface area contributed by atoms with Crippen molar-refractivity contribution in [1.82, 2.24) is 25.5 Å². The minimum atomic E-state index is -1.07. The van der Waals surface area contributed by atoms with E-state index < -0.39 is 23.4 Å². The zero-order valence-electron chi connectivity index (χ0n) is 15.6. The van der Waals surface area contributed by atoms with Gasteiger partial charge in [-0.25, -0.2) is 9.48 Å². The summed E-state index contributed by atoms with van der Waals surface area (Å²) in [7, 11) is 0. The van der Waals surface area contributed by atoms with Crippen molar-refractivity contribution in [3.63, 3.8) is 0 Å². The number of hydrazine groups is 1. The fourth-order valence-corrected chi connectivity index (χ4v) is 2.90. The summed E-state index contributed by atoms with van der Waals surface area (Å²) >= 11 is 0. The van der Waals surface area contributed by atoms with E-state index in [9.17, 15) is 19.2 Å². The molecule has 0 aliphatic carbocycles. The van der Waals surface area contributed by atoms with Crippen molar-refractivity contribution < 1.29 is 14.4 Å². The van der Waals surface area contributed by atoms with Gasteiger partial charge in [0.25, 0.3) is 17.4 Å². The van der Waals surface area contributed by atoms with Crippen molar-refractivity contribution in [2.45, 2.75) is 45.7 Å². The number of hydrogen-bond acceptors (Lipinski definition) is 5. The molecule has 1 aliphatic rings. The maximum Gasteiger partial charge on any atom is 0.344 e. The third-order valence-electron chi connectivity index (χ3n) is 4.71. The number of fused-ring (bicyclic) bond motifs is 1. The number of benzene rings is 1. The Kier molecular flexibility index (Phi) is 4.46. The molecule has 9 nitrogen and oxygen atoms in total. The molecule has 9 heteroatoms. The third-order valence-corrected chi connectivity index (χ3v) is 4.71. The number of nitrogens with one attached hydrogen (secondary N) is 2. The van der Waals surface area contributed by atoms with E-state index in [0.29, 0.717) is 22.2 Å². The van der Waals surface area contributed by atoms with Gasteiger partial charge >= 0.3 is 6.03 Å². The maximum atomic E-state index is 12.8. The molecule has 2 N–H and O–H groups in total. The summed E-state index contributed by atoms with van der Waals surface area (Å²) in [5.41, 5.74) is 0.892. The lowest BCUT2D eigenvalue weighted by molar-refractivity contribution is -0.132. The monoisotopic (exact) mass is 371 g/mol. The van der Waals surface area contributed by atoms with Crippen LogP contribution in [0.15, 0.2) is 29.1 Å². The first-order chi connectivity index (χ1) is 12.7. The Hall–Kier alpha value is -3.23. The molecule has 4 amide bonds. The molecule has 1 atom stereocenters. The van der Waals surface area contributed by atoms with Crippen LogP contribution in [0.25, 0.3) is 10.8 Å². The van der Waals surface area contributed by atoms with E-state index >= 15 is 0 Å². The fourth-order valence-electron chi connectivity index (χ4n) is 2.90. The summed E-state index contributed by atoms with van der Waals surface area (Å²) in [6.45, 7) is 6.90. The Balaban J connectivity index is 2.04. The second-order valence-corrected chi connectivity index (χ2v) is 6.93. The number of carbonyl (C=O) groups excluding carboxylic acids is 3. The highest BCUT2D eigenvalue weighted by molar-refractivity contribution is 6.11. The average Bonchev–Trinajstić information content (AvgIpc) is 2.85. The van der Waals surface area contributed by atoms with E-state index in [1.165, 1.54) is 4.68 Å². The zero-order chi connectivity index (χ0) is 19.9. The van der Waals surface area contributed by atoms with Crippen LogP contribution in [-0.2, 0) is 4.79 Å². The van der Waals surface area contributed by atoms with Gasteiger partial charge in [0.05, 0.1) is 11.4 Å². The molecule has 0 saturated carbocycles. The van der Waals surface area contributed by atoms with Crippen LogP contribution < -0.4 is 16.3 Å². The van der Waals surface area contributed by atoms with Crippen LogP contribution in [-0.4, -0.2) is 38.2 Å². The smallest absolute Gasteiger partial charge is 0.322 e. The Morgan fingerprint density at radius 1 is 1.22 bits per heavy atom. The summed E-state index contributed by atoms with van der Waals surface area (Å²) < 4.78 is 1.21. The highest BCUT2D eigenvalue weighted by Crippen LogP contribution is 2.20. The van der Waals surface area contributed by atoms with E-state index in [4.69, 9.17) is 0 Å². The highest BCUT2D eigenvalue weighted by atomic mass is 16.2. The molecule has 1 unspecified atom stereocenters. The molecule has 0 bridgehead atoms. The van der Waals surface area contributed by atoms with E-state index in [1.54, 1.807) is 52.0 Å². The molecule has 1 aliphatic heterocycles. The molecule has 142 valence electrons. The van der Waals surface area contributed by atoms with Crippen LogP contribution in [0.3, 0.4) is 0 Å². The lowest BCUT2D eigenvalue weighted by Crippen LogP contribution is -2.49. The average molecular weight is 371 g/mol. The first kappa shape index (κ1) is 18.6. The minimum Gasteiger partial charge on any atom is -0.322 e. The minimum absolute atomic E-state index is 0.0374. The quantitative estimate of drug-likeness (QED) is 0.788. The zero-order valence-corrected chi connectivity index (χ0v) is 15.6. The Labute approximate surface area is 155 Å². The number of hydrogen-bond donors (Lipinski definition) is 2. The van der Waals surface area contributed by atoms with Crippen molar-refractivity contribution in [1.29, 1.82) is 0 Å². The van der Waals surface area contributed by atoms with E-state index in [1.807, 2.05) is 0 Å². The number of nitrogens with zero attached hydrogens (tertiary/aromatic N) is 3. The molecular formula is C18H21N5O4. The normalized spacial score (nSPS) is 19.7. The summed E-state index contributed by atoms with van der Waals surface area (Å²) in [4.78, 5) is 50.0. The molecule has 1 saturated heterocycles. The van der Waals surface area contributed by atoms with Crippen molar-refractivity contribution >= 4 is 28.6 Å².